The van der Waals surface area contributed by atoms with Gasteiger partial charge in [-0.05, 0) is 68.6 Å². The topological polar surface area (TPSA) is 6.48 Å². The summed E-state index contributed by atoms with van der Waals surface area (Å²) in [6.07, 6.45) is 13.4. The van der Waals surface area contributed by atoms with Crippen molar-refractivity contribution in [2.24, 2.45) is 11.8 Å². The molecule has 1 unspecified atom stereocenters. The number of benzene rings is 2. The maximum Gasteiger partial charge on any atom is 0.0959 e. The average molecular weight is 428 g/mol. The predicted molar refractivity (Wildman–Crippen MR) is 134 cm³/mol. The molecule has 32 heavy (non-hydrogen) atoms. The number of aryl methyl sites for hydroxylation is 1. The Morgan fingerprint density at radius 3 is 2.03 bits per heavy atom. The molecule has 4 aliphatic rings. The van der Waals surface area contributed by atoms with E-state index >= 15 is 0 Å². The van der Waals surface area contributed by atoms with Crippen molar-refractivity contribution >= 4 is 11.4 Å². The van der Waals surface area contributed by atoms with Crippen molar-refractivity contribution in [3.05, 3.63) is 70.9 Å². The number of anilines is 1. The molecule has 1 atom stereocenters. The predicted octanol–water partition coefficient (Wildman–Crippen LogP) is 7.83. The number of rotatable bonds is 3. The molecule has 0 aromatic heterocycles. The summed E-state index contributed by atoms with van der Waals surface area (Å²) in [5, 5.41) is 0. The van der Waals surface area contributed by atoms with Gasteiger partial charge in [-0.3, -0.25) is 0 Å². The Morgan fingerprint density at radius 2 is 1.38 bits per heavy atom. The van der Waals surface area contributed by atoms with Gasteiger partial charge in [0.2, 0.25) is 0 Å². The second-order valence-corrected chi connectivity index (χ2v) is 10.6. The quantitative estimate of drug-likeness (QED) is 0.492. The molecule has 2 fully saturated rings. The van der Waals surface area contributed by atoms with Crippen LogP contribution in [-0.4, -0.2) is 11.5 Å². The van der Waals surface area contributed by atoms with Gasteiger partial charge in [-0.2, -0.15) is 0 Å². The lowest BCUT2D eigenvalue weighted by molar-refractivity contribution is -0.00203. The summed E-state index contributed by atoms with van der Waals surface area (Å²) in [6.45, 7) is 4.04. The van der Waals surface area contributed by atoms with Crippen molar-refractivity contribution in [2.45, 2.75) is 83.6 Å². The molecule has 2 nitrogen and oxygen atoms in total. The van der Waals surface area contributed by atoms with Crippen molar-refractivity contribution in [2.75, 3.05) is 11.5 Å². The fourth-order valence-electron chi connectivity index (χ4n) is 7.65. The van der Waals surface area contributed by atoms with E-state index in [1.165, 1.54) is 92.4 Å². The van der Waals surface area contributed by atoms with Gasteiger partial charge in [-0.15, -0.1) is 0 Å². The van der Waals surface area contributed by atoms with Gasteiger partial charge >= 0.3 is 0 Å². The summed E-state index contributed by atoms with van der Waals surface area (Å²) in [5.41, 5.74) is 7.95. The second kappa shape index (κ2) is 7.97. The summed E-state index contributed by atoms with van der Waals surface area (Å²) >= 11 is 0. The van der Waals surface area contributed by atoms with E-state index in [1.54, 1.807) is 5.56 Å². The molecule has 0 N–H and O–H groups in total. The molecule has 2 aromatic rings. The molecule has 0 bridgehead atoms. The van der Waals surface area contributed by atoms with E-state index < -0.39 is 6.64 Å². The molecule has 168 valence electrons. The van der Waals surface area contributed by atoms with Gasteiger partial charge < -0.3 is 9.80 Å². The Kier molecular flexibility index (Phi) is 4.80. The van der Waals surface area contributed by atoms with E-state index in [-0.39, 0.29) is 5.54 Å². The Labute approximate surface area is 195 Å². The summed E-state index contributed by atoms with van der Waals surface area (Å²) < 4.78 is 9.76. The number of allylic oxidation sites excluding steroid dienone is 1. The van der Waals surface area contributed by atoms with E-state index in [0.717, 1.165) is 0 Å². The molecule has 2 aromatic carbocycles. The van der Waals surface area contributed by atoms with Crippen molar-refractivity contribution in [3.63, 3.8) is 0 Å². The first-order valence-electron chi connectivity index (χ1n) is 13.6. The third-order valence-corrected chi connectivity index (χ3v) is 9.02. The lowest BCUT2D eigenvalue weighted by Gasteiger charge is -2.53. The fourth-order valence-corrected chi connectivity index (χ4v) is 7.65. The molecule has 0 spiro atoms. The lowest BCUT2D eigenvalue weighted by atomic mass is 9.61. The average Bonchev–Trinajstić information content (AvgIpc) is 3.31. The number of hydrogen-bond donors (Lipinski definition) is 0. The highest BCUT2D eigenvalue weighted by atomic mass is 15.4. The van der Waals surface area contributed by atoms with Crippen LogP contribution in [0.15, 0.2) is 54.2 Å². The SMILES string of the molecule is [2H]C1N(c2ccccc2C)C(C)=C2c3ccccc3C(C3CCCCC3)(C3CCCCC3)N21. The minimum absolute atomic E-state index is 0.0299. The maximum absolute atomic E-state index is 9.76. The number of para-hydroxylation sites is 1. The highest BCUT2D eigenvalue weighted by molar-refractivity contribution is 5.82. The van der Waals surface area contributed by atoms with Crippen LogP contribution in [0.3, 0.4) is 0 Å². The van der Waals surface area contributed by atoms with Gasteiger partial charge in [-0.1, -0.05) is 81.0 Å². The molecular formula is C30H38N2. The van der Waals surface area contributed by atoms with Gasteiger partial charge in [-0.25, -0.2) is 0 Å². The van der Waals surface area contributed by atoms with Crippen molar-refractivity contribution in [1.82, 2.24) is 4.90 Å². The van der Waals surface area contributed by atoms with E-state index in [0.29, 0.717) is 11.8 Å². The van der Waals surface area contributed by atoms with Crippen LogP contribution in [0, 0.1) is 18.8 Å². The summed E-state index contributed by atoms with van der Waals surface area (Å²) in [7, 11) is 0. The number of fused-ring (bicyclic) bond motifs is 3. The largest absolute Gasteiger partial charge is 0.341 e. The Balaban J connectivity index is 1.59. The second-order valence-electron chi connectivity index (χ2n) is 10.6. The fraction of sp³-hybridized carbons (Fsp3) is 0.533. The Morgan fingerprint density at radius 1 is 0.781 bits per heavy atom. The van der Waals surface area contributed by atoms with Crippen LogP contribution in [0.25, 0.3) is 5.70 Å². The zero-order valence-electron chi connectivity index (χ0n) is 20.8. The molecule has 2 heterocycles. The third kappa shape index (κ3) is 2.84. The first-order valence-corrected chi connectivity index (χ1v) is 13.0. The van der Waals surface area contributed by atoms with Crippen LogP contribution in [0.1, 0.15) is 89.2 Å². The monoisotopic (exact) mass is 427 g/mol. The standard InChI is InChI=1S/C30H38N2/c1-22-13-9-12-20-28(22)31-21-32-29(23(31)2)26-18-10-11-19-27(26)30(32,24-14-5-3-6-15-24)25-16-7-4-8-17-25/h9-13,18-20,24-25H,3-8,14-17,21H2,1-2H3/i21D. The van der Waals surface area contributed by atoms with Crippen molar-refractivity contribution in [1.29, 1.82) is 0 Å². The Hall–Kier alpha value is -2.22. The summed E-state index contributed by atoms with van der Waals surface area (Å²) in [5.74, 6) is 1.29. The number of nitrogens with zero attached hydrogens (tertiary/aromatic N) is 2. The van der Waals surface area contributed by atoms with E-state index in [9.17, 15) is 1.37 Å². The first-order chi connectivity index (χ1) is 16.2. The van der Waals surface area contributed by atoms with Crippen LogP contribution in [0.5, 0.6) is 0 Å². The van der Waals surface area contributed by atoms with Crippen LogP contribution >= 0.6 is 0 Å². The van der Waals surface area contributed by atoms with Crippen LogP contribution in [0.2, 0.25) is 0 Å². The molecule has 2 heteroatoms. The zero-order valence-corrected chi connectivity index (χ0v) is 19.8. The normalized spacial score (nSPS) is 26.3. The van der Waals surface area contributed by atoms with Crippen molar-refractivity contribution < 1.29 is 1.37 Å². The van der Waals surface area contributed by atoms with Crippen molar-refractivity contribution in [3.8, 4) is 0 Å². The maximum atomic E-state index is 9.76. The molecule has 6 rings (SSSR count). The minimum atomic E-state index is -0.405. The van der Waals surface area contributed by atoms with E-state index in [2.05, 4.69) is 72.2 Å². The summed E-state index contributed by atoms with van der Waals surface area (Å²) in [6, 6.07) is 17.9. The smallest absolute Gasteiger partial charge is 0.0959 e. The molecule has 0 saturated heterocycles. The highest BCUT2D eigenvalue weighted by Gasteiger charge is 2.58. The third-order valence-electron chi connectivity index (χ3n) is 9.02. The molecule has 2 aliphatic carbocycles. The molecular weight excluding hydrogens is 388 g/mol. The van der Waals surface area contributed by atoms with Crippen LogP contribution < -0.4 is 4.90 Å². The first kappa shape index (κ1) is 19.3. The Bertz CT molecular complexity index is 1040. The van der Waals surface area contributed by atoms with Gasteiger partial charge in [0, 0.05) is 16.9 Å². The minimum Gasteiger partial charge on any atom is -0.341 e. The summed E-state index contributed by atoms with van der Waals surface area (Å²) in [4.78, 5) is 4.95. The van der Waals surface area contributed by atoms with Crippen LogP contribution in [-0.2, 0) is 5.54 Å². The van der Waals surface area contributed by atoms with Crippen LogP contribution in [0.4, 0.5) is 5.69 Å². The van der Waals surface area contributed by atoms with Gasteiger partial charge in [0.25, 0.3) is 0 Å². The van der Waals surface area contributed by atoms with E-state index in [4.69, 9.17) is 0 Å². The van der Waals surface area contributed by atoms with Gasteiger partial charge in [0.1, 0.15) is 0 Å². The van der Waals surface area contributed by atoms with E-state index in [1.807, 2.05) is 0 Å². The highest BCUT2D eigenvalue weighted by Crippen LogP contribution is 2.62. The van der Waals surface area contributed by atoms with Gasteiger partial charge in [0.05, 0.1) is 19.3 Å². The molecule has 0 amide bonds. The molecule has 2 saturated carbocycles. The zero-order chi connectivity index (χ0) is 22.6. The molecule has 2 aliphatic heterocycles. The van der Waals surface area contributed by atoms with Gasteiger partial charge in [0.15, 0.2) is 0 Å². The molecule has 0 radical (unpaired) electrons. The lowest BCUT2D eigenvalue weighted by Crippen LogP contribution is -2.54. The number of hydrogen-bond acceptors (Lipinski definition) is 2.